The third-order valence-electron chi connectivity index (χ3n) is 5.28. The zero-order valence-electron chi connectivity index (χ0n) is 15.1. The number of aryl methyl sites for hydroxylation is 1. The SMILES string of the molecule is Cc1oc2ccc(OCc3ccccc3)cc2c1CN1CCC[C@H]1CO. The van der Waals surface area contributed by atoms with Gasteiger partial charge in [0.15, 0.2) is 0 Å². The van der Waals surface area contributed by atoms with Crippen molar-refractivity contribution < 1.29 is 14.3 Å². The number of hydrogen-bond donors (Lipinski definition) is 1. The van der Waals surface area contributed by atoms with Crippen LogP contribution in [0.5, 0.6) is 5.75 Å². The number of aliphatic hydroxyl groups is 1. The summed E-state index contributed by atoms with van der Waals surface area (Å²) in [6.45, 7) is 4.63. The maximum Gasteiger partial charge on any atom is 0.134 e. The van der Waals surface area contributed by atoms with Gasteiger partial charge in [-0.05, 0) is 50.1 Å². The summed E-state index contributed by atoms with van der Waals surface area (Å²) in [5.74, 6) is 1.80. The van der Waals surface area contributed by atoms with Crippen LogP contribution in [0.15, 0.2) is 52.9 Å². The Labute approximate surface area is 154 Å². The number of benzene rings is 2. The highest BCUT2D eigenvalue weighted by Crippen LogP contribution is 2.32. The first kappa shape index (κ1) is 17.1. The van der Waals surface area contributed by atoms with Crippen LogP contribution in [0, 0.1) is 6.92 Å². The fourth-order valence-electron chi connectivity index (χ4n) is 3.79. The molecule has 4 rings (SSSR count). The van der Waals surface area contributed by atoms with E-state index in [1.54, 1.807) is 0 Å². The molecule has 3 aromatic rings. The van der Waals surface area contributed by atoms with Gasteiger partial charge in [0.1, 0.15) is 23.7 Å². The second kappa shape index (κ2) is 7.52. The van der Waals surface area contributed by atoms with Crippen LogP contribution in [0.2, 0.25) is 0 Å². The van der Waals surface area contributed by atoms with Crippen molar-refractivity contribution >= 4 is 11.0 Å². The fraction of sp³-hybridized carbons (Fsp3) is 0.364. The molecule has 1 saturated heterocycles. The van der Waals surface area contributed by atoms with E-state index in [0.717, 1.165) is 54.0 Å². The summed E-state index contributed by atoms with van der Waals surface area (Å²) in [6.07, 6.45) is 2.21. The third-order valence-corrected chi connectivity index (χ3v) is 5.28. The molecule has 0 bridgehead atoms. The van der Waals surface area contributed by atoms with Gasteiger partial charge in [0, 0.05) is 23.5 Å². The van der Waals surface area contributed by atoms with Gasteiger partial charge in [0.2, 0.25) is 0 Å². The van der Waals surface area contributed by atoms with Gasteiger partial charge in [-0.25, -0.2) is 0 Å². The molecule has 1 aliphatic rings. The van der Waals surface area contributed by atoms with E-state index in [9.17, 15) is 5.11 Å². The molecule has 0 saturated carbocycles. The van der Waals surface area contributed by atoms with Gasteiger partial charge in [-0.1, -0.05) is 30.3 Å². The highest BCUT2D eigenvalue weighted by molar-refractivity contribution is 5.83. The zero-order valence-corrected chi connectivity index (χ0v) is 15.1. The molecule has 4 nitrogen and oxygen atoms in total. The number of aliphatic hydroxyl groups excluding tert-OH is 1. The van der Waals surface area contributed by atoms with Gasteiger partial charge >= 0.3 is 0 Å². The molecule has 136 valence electrons. The van der Waals surface area contributed by atoms with Crippen molar-refractivity contribution in [1.29, 1.82) is 0 Å². The van der Waals surface area contributed by atoms with Crippen LogP contribution in [0.4, 0.5) is 0 Å². The normalized spacial score (nSPS) is 17.8. The zero-order chi connectivity index (χ0) is 17.9. The summed E-state index contributed by atoms with van der Waals surface area (Å²) in [7, 11) is 0. The van der Waals surface area contributed by atoms with Crippen molar-refractivity contribution in [3.05, 3.63) is 65.4 Å². The van der Waals surface area contributed by atoms with Gasteiger partial charge in [0.25, 0.3) is 0 Å². The van der Waals surface area contributed by atoms with Crippen LogP contribution >= 0.6 is 0 Å². The first-order valence-electron chi connectivity index (χ1n) is 9.28. The quantitative estimate of drug-likeness (QED) is 0.720. The molecule has 4 heteroatoms. The van der Waals surface area contributed by atoms with E-state index in [2.05, 4.69) is 23.1 Å². The third kappa shape index (κ3) is 3.48. The Kier molecular flexibility index (Phi) is 4.96. The molecule has 0 amide bonds. The molecule has 2 heterocycles. The van der Waals surface area contributed by atoms with Crippen molar-refractivity contribution in [2.45, 2.75) is 39.0 Å². The van der Waals surface area contributed by atoms with Gasteiger partial charge in [0.05, 0.1) is 6.61 Å². The lowest BCUT2D eigenvalue weighted by atomic mass is 10.1. The lowest BCUT2D eigenvalue weighted by Crippen LogP contribution is -2.31. The number of likely N-dealkylation sites (tertiary alicyclic amines) is 1. The number of fused-ring (bicyclic) bond motifs is 1. The van der Waals surface area contributed by atoms with Gasteiger partial charge < -0.3 is 14.3 Å². The van der Waals surface area contributed by atoms with Crippen molar-refractivity contribution in [1.82, 2.24) is 4.90 Å². The maximum absolute atomic E-state index is 9.58. The number of furan rings is 1. The number of ether oxygens (including phenoxy) is 1. The second-order valence-corrected chi connectivity index (χ2v) is 7.02. The molecule has 1 aliphatic heterocycles. The standard InChI is InChI=1S/C22H25NO3/c1-16-21(13-23-11-5-8-18(23)14-24)20-12-19(9-10-22(20)26-16)25-15-17-6-3-2-4-7-17/h2-4,6-7,9-10,12,18,24H,5,8,11,13-15H2,1H3/t18-/m0/s1. The first-order valence-corrected chi connectivity index (χ1v) is 9.28. The van der Waals surface area contributed by atoms with E-state index >= 15 is 0 Å². The molecule has 1 aromatic heterocycles. The highest BCUT2D eigenvalue weighted by Gasteiger charge is 2.25. The van der Waals surface area contributed by atoms with Gasteiger partial charge in [-0.15, -0.1) is 0 Å². The minimum absolute atomic E-state index is 0.222. The Balaban J connectivity index is 1.56. The van der Waals surface area contributed by atoms with Crippen molar-refractivity contribution in [3.8, 4) is 5.75 Å². The Morgan fingerprint density at radius 1 is 1.19 bits per heavy atom. The van der Waals surface area contributed by atoms with Crippen LogP contribution in [-0.2, 0) is 13.2 Å². The Bertz CT molecular complexity index is 872. The Hall–Kier alpha value is -2.30. The van der Waals surface area contributed by atoms with Gasteiger partial charge in [-0.3, -0.25) is 4.90 Å². The van der Waals surface area contributed by atoms with E-state index in [0.29, 0.717) is 6.61 Å². The summed E-state index contributed by atoms with van der Waals surface area (Å²) >= 11 is 0. The van der Waals surface area contributed by atoms with Crippen LogP contribution in [0.3, 0.4) is 0 Å². The second-order valence-electron chi connectivity index (χ2n) is 7.02. The summed E-state index contributed by atoms with van der Waals surface area (Å²) in [4.78, 5) is 2.36. The van der Waals surface area contributed by atoms with Crippen LogP contribution < -0.4 is 4.74 Å². The number of rotatable bonds is 6. The number of nitrogens with zero attached hydrogens (tertiary/aromatic N) is 1. The summed E-state index contributed by atoms with van der Waals surface area (Å²) < 4.78 is 11.9. The fourth-order valence-corrected chi connectivity index (χ4v) is 3.79. The monoisotopic (exact) mass is 351 g/mol. The molecule has 0 spiro atoms. The summed E-state index contributed by atoms with van der Waals surface area (Å²) in [5.41, 5.74) is 3.24. The van der Waals surface area contributed by atoms with Crippen molar-refractivity contribution in [2.75, 3.05) is 13.2 Å². The Morgan fingerprint density at radius 2 is 2.04 bits per heavy atom. The molecular weight excluding hydrogens is 326 g/mol. The summed E-state index contributed by atoms with van der Waals surface area (Å²) in [6, 6.07) is 16.5. The first-order chi connectivity index (χ1) is 12.7. The highest BCUT2D eigenvalue weighted by atomic mass is 16.5. The Morgan fingerprint density at radius 3 is 2.85 bits per heavy atom. The lowest BCUT2D eigenvalue weighted by Gasteiger charge is -2.22. The van der Waals surface area contributed by atoms with Crippen LogP contribution in [-0.4, -0.2) is 29.2 Å². The molecule has 0 aliphatic carbocycles. The molecule has 1 N–H and O–H groups in total. The van der Waals surface area contributed by atoms with E-state index in [4.69, 9.17) is 9.15 Å². The van der Waals surface area contributed by atoms with Gasteiger partial charge in [-0.2, -0.15) is 0 Å². The van der Waals surface area contributed by atoms with Crippen molar-refractivity contribution in [3.63, 3.8) is 0 Å². The van der Waals surface area contributed by atoms with E-state index < -0.39 is 0 Å². The molecule has 1 fully saturated rings. The molecule has 26 heavy (non-hydrogen) atoms. The van der Waals surface area contributed by atoms with E-state index in [-0.39, 0.29) is 12.6 Å². The minimum Gasteiger partial charge on any atom is -0.489 e. The maximum atomic E-state index is 9.58. The van der Waals surface area contributed by atoms with Crippen LogP contribution in [0.25, 0.3) is 11.0 Å². The number of hydrogen-bond acceptors (Lipinski definition) is 4. The topological polar surface area (TPSA) is 45.8 Å². The predicted octanol–water partition coefficient (Wildman–Crippen LogP) is 4.28. The predicted molar refractivity (Wildman–Crippen MR) is 102 cm³/mol. The molecular formula is C22H25NO3. The van der Waals surface area contributed by atoms with E-state index in [1.165, 1.54) is 5.56 Å². The average Bonchev–Trinajstić information content (AvgIpc) is 3.25. The molecule has 2 aromatic carbocycles. The summed E-state index contributed by atoms with van der Waals surface area (Å²) in [5, 5.41) is 10.7. The van der Waals surface area contributed by atoms with E-state index in [1.807, 2.05) is 37.3 Å². The molecule has 0 unspecified atom stereocenters. The molecule has 1 atom stereocenters. The molecule has 0 radical (unpaired) electrons. The lowest BCUT2D eigenvalue weighted by molar-refractivity contribution is 0.153. The smallest absolute Gasteiger partial charge is 0.134 e. The van der Waals surface area contributed by atoms with Crippen molar-refractivity contribution in [2.24, 2.45) is 0 Å². The minimum atomic E-state index is 0.222. The van der Waals surface area contributed by atoms with Crippen LogP contribution in [0.1, 0.15) is 29.7 Å². The largest absolute Gasteiger partial charge is 0.489 e. The average molecular weight is 351 g/mol.